The van der Waals surface area contributed by atoms with Crippen LogP contribution in [0.25, 0.3) is 11.0 Å². The molecule has 114 valence electrons. The standard InChI is InChI=1S/C14H18N2O4S/c1-19-8-9-20-7-6-16-12-5-3-2-4-11(12)15-14(16)21-10-13(17)18/h2-5H,6-10H2,1H3,(H,17,18). The monoisotopic (exact) mass is 310 g/mol. The summed E-state index contributed by atoms with van der Waals surface area (Å²) in [7, 11) is 1.63. The molecular weight excluding hydrogens is 292 g/mol. The molecule has 1 heterocycles. The number of methoxy groups -OCH3 is 1. The molecule has 2 aromatic rings. The number of fused-ring (bicyclic) bond motifs is 1. The van der Waals surface area contributed by atoms with Crippen LogP contribution in [0, 0.1) is 0 Å². The second kappa shape index (κ2) is 8.02. The zero-order valence-electron chi connectivity index (χ0n) is 11.8. The molecule has 0 saturated heterocycles. The van der Waals surface area contributed by atoms with Gasteiger partial charge in [0.05, 0.1) is 36.6 Å². The largest absolute Gasteiger partial charge is 0.481 e. The van der Waals surface area contributed by atoms with Gasteiger partial charge in [0.25, 0.3) is 0 Å². The molecule has 0 bridgehead atoms. The molecule has 6 nitrogen and oxygen atoms in total. The summed E-state index contributed by atoms with van der Waals surface area (Å²) in [5.74, 6) is -0.858. The van der Waals surface area contributed by atoms with Crippen molar-refractivity contribution < 1.29 is 19.4 Å². The third-order valence-corrected chi connectivity index (χ3v) is 3.80. The predicted molar refractivity (Wildman–Crippen MR) is 80.8 cm³/mol. The molecular formula is C14H18N2O4S. The highest BCUT2D eigenvalue weighted by atomic mass is 32.2. The number of rotatable bonds is 9. The summed E-state index contributed by atoms with van der Waals surface area (Å²) in [5, 5.41) is 9.52. The topological polar surface area (TPSA) is 73.6 Å². The lowest BCUT2D eigenvalue weighted by Gasteiger charge is -2.09. The average molecular weight is 310 g/mol. The highest BCUT2D eigenvalue weighted by Crippen LogP contribution is 2.23. The molecule has 0 aliphatic rings. The summed E-state index contributed by atoms with van der Waals surface area (Å²) >= 11 is 1.22. The Morgan fingerprint density at radius 2 is 2.14 bits per heavy atom. The van der Waals surface area contributed by atoms with Crippen molar-refractivity contribution in [3.05, 3.63) is 24.3 Å². The number of imidazole rings is 1. The second-order valence-corrected chi connectivity index (χ2v) is 5.26. The molecule has 1 aromatic carbocycles. The number of hydrogen-bond acceptors (Lipinski definition) is 5. The summed E-state index contributed by atoms with van der Waals surface area (Å²) in [4.78, 5) is 15.2. The van der Waals surface area contributed by atoms with Crippen molar-refractivity contribution in [2.24, 2.45) is 0 Å². The molecule has 7 heteroatoms. The molecule has 0 saturated carbocycles. The van der Waals surface area contributed by atoms with Crippen molar-refractivity contribution >= 4 is 28.8 Å². The third-order valence-electron chi connectivity index (χ3n) is 2.84. The zero-order valence-corrected chi connectivity index (χ0v) is 12.6. The fourth-order valence-corrected chi connectivity index (χ4v) is 2.67. The van der Waals surface area contributed by atoms with Gasteiger partial charge < -0.3 is 19.1 Å². The number of carboxylic acids is 1. The van der Waals surface area contributed by atoms with Crippen LogP contribution in [0.4, 0.5) is 0 Å². The molecule has 1 aromatic heterocycles. The van der Waals surface area contributed by atoms with Gasteiger partial charge in [0.1, 0.15) is 0 Å². The van der Waals surface area contributed by atoms with Crippen LogP contribution in [0.3, 0.4) is 0 Å². The van der Waals surface area contributed by atoms with Gasteiger partial charge in [0, 0.05) is 13.7 Å². The smallest absolute Gasteiger partial charge is 0.313 e. The molecule has 0 atom stereocenters. The van der Waals surface area contributed by atoms with Crippen LogP contribution in [-0.2, 0) is 20.8 Å². The molecule has 0 amide bonds. The Morgan fingerprint density at radius 3 is 2.90 bits per heavy atom. The van der Waals surface area contributed by atoms with Gasteiger partial charge in [-0.2, -0.15) is 0 Å². The lowest BCUT2D eigenvalue weighted by atomic mass is 10.3. The summed E-state index contributed by atoms with van der Waals surface area (Å²) in [6.07, 6.45) is 0. The van der Waals surface area contributed by atoms with Crippen molar-refractivity contribution in [3.8, 4) is 0 Å². The van der Waals surface area contributed by atoms with Crippen LogP contribution in [0.5, 0.6) is 0 Å². The molecule has 0 aliphatic carbocycles. The van der Waals surface area contributed by atoms with Crippen LogP contribution >= 0.6 is 11.8 Å². The quantitative estimate of drug-likeness (QED) is 0.563. The van der Waals surface area contributed by atoms with E-state index in [1.165, 1.54) is 11.8 Å². The Balaban J connectivity index is 2.09. The maximum Gasteiger partial charge on any atom is 0.313 e. The number of benzene rings is 1. The molecule has 0 fully saturated rings. The maximum absolute atomic E-state index is 10.7. The first-order valence-electron chi connectivity index (χ1n) is 6.59. The number of carboxylic acid groups (broad SMARTS) is 1. The third kappa shape index (κ3) is 4.45. The summed E-state index contributed by atoms with van der Waals surface area (Å²) < 4.78 is 12.4. The number of para-hydroxylation sites is 2. The number of carbonyl (C=O) groups is 1. The fourth-order valence-electron chi connectivity index (χ4n) is 1.91. The van der Waals surface area contributed by atoms with Gasteiger partial charge in [-0.25, -0.2) is 4.98 Å². The van der Waals surface area contributed by atoms with E-state index in [9.17, 15) is 4.79 Å². The minimum Gasteiger partial charge on any atom is -0.481 e. The molecule has 0 spiro atoms. The minimum atomic E-state index is -0.852. The summed E-state index contributed by atoms with van der Waals surface area (Å²) in [5.41, 5.74) is 1.85. The van der Waals surface area contributed by atoms with E-state index >= 15 is 0 Å². The van der Waals surface area contributed by atoms with Gasteiger partial charge in [0.15, 0.2) is 5.16 Å². The van der Waals surface area contributed by atoms with E-state index in [1.807, 2.05) is 28.8 Å². The van der Waals surface area contributed by atoms with Gasteiger partial charge in [-0.3, -0.25) is 4.79 Å². The van der Waals surface area contributed by atoms with E-state index < -0.39 is 5.97 Å². The number of nitrogens with zero attached hydrogens (tertiary/aromatic N) is 2. The van der Waals surface area contributed by atoms with Crippen LogP contribution in [0.15, 0.2) is 29.4 Å². The molecule has 1 N–H and O–H groups in total. The van der Waals surface area contributed by atoms with Gasteiger partial charge in [-0.1, -0.05) is 23.9 Å². The number of thioether (sulfide) groups is 1. The van der Waals surface area contributed by atoms with E-state index in [1.54, 1.807) is 7.11 Å². The first-order valence-corrected chi connectivity index (χ1v) is 7.57. The number of aliphatic carboxylic acids is 1. The van der Waals surface area contributed by atoms with Crippen molar-refractivity contribution in [2.45, 2.75) is 11.7 Å². The Labute approximate surface area is 127 Å². The van der Waals surface area contributed by atoms with Crippen molar-refractivity contribution in [1.29, 1.82) is 0 Å². The molecule has 0 unspecified atom stereocenters. The lowest BCUT2D eigenvalue weighted by molar-refractivity contribution is -0.133. The molecule has 2 rings (SSSR count). The first kappa shape index (κ1) is 15.8. The fraction of sp³-hybridized carbons (Fsp3) is 0.429. The SMILES string of the molecule is COCCOCCn1c(SCC(=O)O)nc2ccccc21. The van der Waals surface area contributed by atoms with Crippen molar-refractivity contribution in [2.75, 3.05) is 32.7 Å². The first-order chi connectivity index (χ1) is 10.2. The maximum atomic E-state index is 10.7. The van der Waals surface area contributed by atoms with Crippen molar-refractivity contribution in [3.63, 3.8) is 0 Å². The van der Waals surface area contributed by atoms with E-state index in [0.29, 0.717) is 31.5 Å². The lowest BCUT2D eigenvalue weighted by Crippen LogP contribution is -2.10. The normalized spacial score (nSPS) is 11.1. The summed E-state index contributed by atoms with van der Waals surface area (Å²) in [6, 6.07) is 7.75. The number of hydrogen-bond donors (Lipinski definition) is 1. The van der Waals surface area contributed by atoms with E-state index in [-0.39, 0.29) is 5.75 Å². The van der Waals surface area contributed by atoms with Crippen LogP contribution in [0.1, 0.15) is 0 Å². The summed E-state index contributed by atoms with van der Waals surface area (Å²) in [6.45, 7) is 2.27. The molecule has 0 radical (unpaired) electrons. The van der Waals surface area contributed by atoms with Gasteiger partial charge in [-0.15, -0.1) is 0 Å². The highest BCUT2D eigenvalue weighted by Gasteiger charge is 2.12. The van der Waals surface area contributed by atoms with E-state index in [4.69, 9.17) is 14.6 Å². The van der Waals surface area contributed by atoms with Crippen LogP contribution < -0.4 is 0 Å². The van der Waals surface area contributed by atoms with Crippen LogP contribution in [-0.4, -0.2) is 53.3 Å². The Bertz CT molecular complexity index is 600. The Morgan fingerprint density at radius 1 is 1.33 bits per heavy atom. The van der Waals surface area contributed by atoms with Gasteiger partial charge in [0.2, 0.25) is 0 Å². The predicted octanol–water partition coefficient (Wildman–Crippen LogP) is 1.88. The highest BCUT2D eigenvalue weighted by molar-refractivity contribution is 7.99. The second-order valence-electron chi connectivity index (χ2n) is 4.32. The zero-order chi connectivity index (χ0) is 15.1. The van der Waals surface area contributed by atoms with E-state index in [2.05, 4.69) is 4.98 Å². The minimum absolute atomic E-state index is 0.00610. The molecule has 0 aliphatic heterocycles. The van der Waals surface area contributed by atoms with Crippen LogP contribution in [0.2, 0.25) is 0 Å². The Kier molecular flexibility index (Phi) is 6.04. The molecule has 21 heavy (non-hydrogen) atoms. The number of ether oxygens (including phenoxy) is 2. The average Bonchev–Trinajstić information content (AvgIpc) is 2.83. The van der Waals surface area contributed by atoms with E-state index in [0.717, 1.165) is 11.0 Å². The Hall–Kier alpha value is -1.57. The van der Waals surface area contributed by atoms with Gasteiger partial charge >= 0.3 is 5.97 Å². The van der Waals surface area contributed by atoms with Gasteiger partial charge in [-0.05, 0) is 12.1 Å². The number of aromatic nitrogens is 2. The van der Waals surface area contributed by atoms with Crippen molar-refractivity contribution in [1.82, 2.24) is 9.55 Å².